The van der Waals surface area contributed by atoms with Crippen molar-refractivity contribution in [3.8, 4) is 0 Å². The molecule has 0 aliphatic heterocycles. The lowest BCUT2D eigenvalue weighted by atomic mass is 9.98. The Labute approximate surface area is 55.1 Å². The van der Waals surface area contributed by atoms with Gasteiger partial charge in [-0.05, 0) is 12.3 Å². The first kappa shape index (κ1) is 6.27. The fourth-order valence-corrected chi connectivity index (χ4v) is 0.890. The first-order valence-corrected chi connectivity index (χ1v) is 3.12. The summed E-state index contributed by atoms with van der Waals surface area (Å²) in [6.45, 7) is 0. The number of hydrogen-bond acceptors (Lipinski definition) is 1. The van der Waals surface area contributed by atoms with Crippen molar-refractivity contribution in [2.24, 2.45) is 5.92 Å². The maximum atomic E-state index is 9.89. The second-order valence-corrected chi connectivity index (χ2v) is 2.16. The molecule has 1 heteroatoms. The maximum Gasteiger partial charge on any atom is 0.199 e. The van der Waals surface area contributed by atoms with Crippen molar-refractivity contribution in [1.82, 2.24) is 0 Å². The second-order valence-electron chi connectivity index (χ2n) is 2.16. The molecule has 0 spiro atoms. The molecule has 1 radical (unpaired) electrons. The molecule has 1 nitrogen and oxygen atoms in total. The van der Waals surface area contributed by atoms with Gasteiger partial charge in [-0.15, -0.1) is 0 Å². The van der Waals surface area contributed by atoms with Crippen LogP contribution in [0.5, 0.6) is 0 Å². The lowest BCUT2D eigenvalue weighted by molar-refractivity contribution is 0.536. The van der Waals surface area contributed by atoms with E-state index in [9.17, 15) is 4.79 Å². The summed E-state index contributed by atoms with van der Waals surface area (Å²) in [4.78, 5) is 9.89. The summed E-state index contributed by atoms with van der Waals surface area (Å²) in [5.41, 5.74) is 0. The van der Waals surface area contributed by atoms with E-state index < -0.39 is 0 Å². The molecule has 1 unspecified atom stereocenters. The van der Waals surface area contributed by atoms with Gasteiger partial charge in [-0.2, -0.15) is 0 Å². The lowest BCUT2D eigenvalue weighted by Gasteiger charge is -2.06. The van der Waals surface area contributed by atoms with Gasteiger partial charge in [0.15, 0.2) is 6.29 Å². The molecule has 1 aliphatic rings. The van der Waals surface area contributed by atoms with E-state index in [1.165, 1.54) is 0 Å². The molecule has 1 atom stereocenters. The third kappa shape index (κ3) is 1.84. The Morgan fingerprint density at radius 3 is 3.00 bits per heavy atom. The predicted molar refractivity (Wildman–Crippen MR) is 36.7 cm³/mol. The van der Waals surface area contributed by atoms with Gasteiger partial charge in [0, 0.05) is 6.42 Å². The summed E-state index contributed by atoms with van der Waals surface area (Å²) in [5.74, 6) is 0.410. The van der Waals surface area contributed by atoms with Crippen LogP contribution in [0, 0.1) is 5.92 Å². The molecule has 0 aromatic rings. The molecule has 0 N–H and O–H groups in total. The molecule has 0 fully saturated rings. The molecule has 47 valence electrons. The summed E-state index contributed by atoms with van der Waals surface area (Å²) in [6, 6.07) is 0. The van der Waals surface area contributed by atoms with Gasteiger partial charge < -0.3 is 0 Å². The quantitative estimate of drug-likeness (QED) is 0.542. The number of hydrogen-bond donors (Lipinski definition) is 0. The third-order valence-electron chi connectivity index (χ3n) is 1.41. The minimum Gasteiger partial charge on any atom is -0.291 e. The highest BCUT2D eigenvalue weighted by molar-refractivity contribution is 5.51. The molecule has 0 bridgehead atoms. The summed E-state index contributed by atoms with van der Waals surface area (Å²) < 4.78 is 0. The standard InChI is InChI=1S/C8H9O/c9-7-6-8-4-2-1-3-5-8/h1-4,8H,5-6H2. The van der Waals surface area contributed by atoms with E-state index in [4.69, 9.17) is 0 Å². The van der Waals surface area contributed by atoms with Crippen molar-refractivity contribution in [1.29, 1.82) is 0 Å². The first-order chi connectivity index (χ1) is 4.43. The van der Waals surface area contributed by atoms with Gasteiger partial charge >= 0.3 is 0 Å². The van der Waals surface area contributed by atoms with Crippen LogP contribution in [0.25, 0.3) is 0 Å². The largest absolute Gasteiger partial charge is 0.291 e. The SMILES string of the molecule is O=[C]CC1C=CC=CC1. The highest BCUT2D eigenvalue weighted by Crippen LogP contribution is 2.13. The van der Waals surface area contributed by atoms with E-state index in [0.29, 0.717) is 12.3 Å². The summed E-state index contributed by atoms with van der Waals surface area (Å²) in [6.07, 6.45) is 11.5. The fraction of sp³-hybridized carbons (Fsp3) is 0.375. The van der Waals surface area contributed by atoms with Crippen LogP contribution in [-0.4, -0.2) is 6.29 Å². The molecule has 0 saturated heterocycles. The molecule has 9 heavy (non-hydrogen) atoms. The highest BCUT2D eigenvalue weighted by Gasteiger charge is 2.02. The number of allylic oxidation sites excluding steroid dienone is 4. The Kier molecular flexibility index (Phi) is 2.25. The van der Waals surface area contributed by atoms with Crippen LogP contribution in [0.4, 0.5) is 0 Å². The van der Waals surface area contributed by atoms with Gasteiger partial charge in [-0.3, -0.25) is 4.79 Å². The molecule has 0 heterocycles. The summed E-state index contributed by atoms with van der Waals surface area (Å²) in [5, 5.41) is 0. The van der Waals surface area contributed by atoms with Gasteiger partial charge in [0.05, 0.1) is 0 Å². The van der Waals surface area contributed by atoms with E-state index in [-0.39, 0.29) is 0 Å². The molecule has 1 aliphatic carbocycles. The summed E-state index contributed by atoms with van der Waals surface area (Å²) >= 11 is 0. The number of rotatable bonds is 2. The van der Waals surface area contributed by atoms with Gasteiger partial charge in [-0.1, -0.05) is 24.3 Å². The predicted octanol–water partition coefficient (Wildman–Crippen LogP) is 1.62. The van der Waals surface area contributed by atoms with Crippen molar-refractivity contribution in [2.45, 2.75) is 12.8 Å². The van der Waals surface area contributed by atoms with Gasteiger partial charge in [-0.25, -0.2) is 0 Å². The van der Waals surface area contributed by atoms with Gasteiger partial charge in [0.1, 0.15) is 0 Å². The molecule has 1 rings (SSSR count). The molecule has 0 aromatic heterocycles. The maximum absolute atomic E-state index is 9.89. The fourth-order valence-electron chi connectivity index (χ4n) is 0.890. The van der Waals surface area contributed by atoms with Crippen LogP contribution in [-0.2, 0) is 4.79 Å². The minimum absolute atomic E-state index is 0.410. The average Bonchev–Trinajstić information content (AvgIpc) is 1.91. The van der Waals surface area contributed by atoms with Gasteiger partial charge in [0.2, 0.25) is 0 Å². The third-order valence-corrected chi connectivity index (χ3v) is 1.41. The Morgan fingerprint density at radius 2 is 2.44 bits per heavy atom. The smallest absolute Gasteiger partial charge is 0.199 e. The molecule has 0 aromatic carbocycles. The zero-order valence-electron chi connectivity index (χ0n) is 5.21. The van der Waals surface area contributed by atoms with Gasteiger partial charge in [0.25, 0.3) is 0 Å². The minimum atomic E-state index is 0.410. The van der Waals surface area contributed by atoms with E-state index in [0.717, 1.165) is 6.42 Å². The van der Waals surface area contributed by atoms with Crippen molar-refractivity contribution in [3.63, 3.8) is 0 Å². The molecule has 0 amide bonds. The van der Waals surface area contributed by atoms with Crippen LogP contribution in [0.2, 0.25) is 0 Å². The van der Waals surface area contributed by atoms with Crippen molar-refractivity contribution >= 4 is 6.29 Å². The average molecular weight is 121 g/mol. The molecule has 0 saturated carbocycles. The Hall–Kier alpha value is -0.850. The zero-order valence-corrected chi connectivity index (χ0v) is 5.21. The van der Waals surface area contributed by atoms with Crippen molar-refractivity contribution in [2.75, 3.05) is 0 Å². The second kappa shape index (κ2) is 3.23. The van der Waals surface area contributed by atoms with Crippen LogP contribution < -0.4 is 0 Å². The Balaban J connectivity index is 2.36. The van der Waals surface area contributed by atoms with Crippen LogP contribution in [0.1, 0.15) is 12.8 Å². The Morgan fingerprint density at radius 1 is 1.56 bits per heavy atom. The van der Waals surface area contributed by atoms with E-state index >= 15 is 0 Å². The molecular weight excluding hydrogens is 112 g/mol. The summed E-state index contributed by atoms with van der Waals surface area (Å²) in [7, 11) is 0. The monoisotopic (exact) mass is 121 g/mol. The van der Waals surface area contributed by atoms with Crippen molar-refractivity contribution < 1.29 is 4.79 Å². The molecular formula is C8H9O. The first-order valence-electron chi connectivity index (χ1n) is 3.12. The lowest BCUT2D eigenvalue weighted by Crippen LogP contribution is -1.96. The van der Waals surface area contributed by atoms with Crippen LogP contribution >= 0.6 is 0 Å². The highest BCUT2D eigenvalue weighted by atomic mass is 16.1. The topological polar surface area (TPSA) is 17.1 Å². The van der Waals surface area contributed by atoms with E-state index in [1.807, 2.05) is 24.5 Å². The van der Waals surface area contributed by atoms with E-state index in [2.05, 4.69) is 6.08 Å². The number of carbonyl (C=O) groups excluding carboxylic acids is 1. The van der Waals surface area contributed by atoms with Crippen LogP contribution in [0.15, 0.2) is 24.3 Å². The van der Waals surface area contributed by atoms with Crippen molar-refractivity contribution in [3.05, 3.63) is 24.3 Å². The van der Waals surface area contributed by atoms with Crippen LogP contribution in [0.3, 0.4) is 0 Å². The normalized spacial score (nSPS) is 24.2. The van der Waals surface area contributed by atoms with E-state index in [1.54, 1.807) is 0 Å². The zero-order chi connectivity index (χ0) is 6.53. The Bertz CT molecular complexity index is 143.